The molecule has 0 aliphatic carbocycles. The molecule has 102 valence electrons. The molecule has 0 aliphatic heterocycles. The fourth-order valence-corrected chi connectivity index (χ4v) is 0. The minimum Gasteiger partial charge on any atom is -0.397 e. The van der Waals surface area contributed by atoms with Crippen LogP contribution in [0.5, 0.6) is 0 Å². The van der Waals surface area contributed by atoms with Crippen LogP contribution in [0.2, 0.25) is 0 Å². The summed E-state index contributed by atoms with van der Waals surface area (Å²) < 4.78 is 32.2. The predicted octanol–water partition coefficient (Wildman–Crippen LogP) is 1.77. The first-order chi connectivity index (χ1) is 6.80. The Labute approximate surface area is 111 Å². The van der Waals surface area contributed by atoms with E-state index < -0.39 is 12.6 Å². The third-order valence-corrected chi connectivity index (χ3v) is 0.283. The van der Waals surface area contributed by atoms with E-state index in [1.165, 1.54) is 0 Å². The first-order valence-corrected chi connectivity index (χ1v) is 4.49. The molecule has 0 aromatic heterocycles. The van der Waals surface area contributed by atoms with Crippen LogP contribution >= 0.6 is 0 Å². The van der Waals surface area contributed by atoms with E-state index >= 15 is 0 Å². The van der Waals surface area contributed by atoms with Gasteiger partial charge in [0.15, 0.2) is 0 Å². The van der Waals surface area contributed by atoms with Crippen molar-refractivity contribution in [3.05, 3.63) is 6.92 Å². The molecule has 0 bridgehead atoms. The van der Waals surface area contributed by atoms with E-state index in [4.69, 9.17) is 15.3 Å². The molecular formula is C9H22F3O3Ti-. The Morgan fingerprint density at radius 3 is 0.938 bits per heavy atom. The Kier molecular flexibility index (Phi) is 55.2. The molecule has 0 saturated heterocycles. The van der Waals surface area contributed by atoms with Crippen LogP contribution < -0.4 is 0 Å². The molecule has 3 nitrogen and oxygen atoms in total. The van der Waals surface area contributed by atoms with Crippen molar-refractivity contribution in [2.24, 2.45) is 0 Å². The van der Waals surface area contributed by atoms with Gasteiger partial charge in [-0.2, -0.15) is 13.2 Å². The quantitative estimate of drug-likeness (QED) is 0.469. The molecule has 0 saturated carbocycles. The summed E-state index contributed by atoms with van der Waals surface area (Å²) in [6.45, 7) is 8.42. The number of aliphatic hydroxyl groups is 3. The molecule has 0 rings (SSSR count). The van der Waals surface area contributed by atoms with Gasteiger partial charge in [0.1, 0.15) is 0 Å². The standard InChI is InChI=1S/C3H4F3.3C2H6O.Ti/c1-2-3(4,5)6;3*1-2-3;/h1-2H2;3*3H,2H2,1H3;/q-1;;;;. The van der Waals surface area contributed by atoms with Gasteiger partial charge in [-0.15, -0.1) is 0 Å². The summed E-state index contributed by atoms with van der Waals surface area (Å²) in [6.07, 6.45) is -5.05. The molecule has 3 N–H and O–H groups in total. The zero-order valence-electron chi connectivity index (χ0n) is 10.0. The van der Waals surface area contributed by atoms with Gasteiger partial charge in [0.2, 0.25) is 0 Å². The van der Waals surface area contributed by atoms with E-state index in [0.29, 0.717) is 0 Å². The van der Waals surface area contributed by atoms with Crippen LogP contribution in [0, 0.1) is 6.92 Å². The largest absolute Gasteiger partial charge is 0.397 e. The first-order valence-electron chi connectivity index (χ1n) is 4.49. The topological polar surface area (TPSA) is 60.7 Å². The predicted molar refractivity (Wildman–Crippen MR) is 54.3 cm³/mol. The molecule has 0 aliphatic rings. The second-order valence-corrected chi connectivity index (χ2v) is 1.81. The maximum Gasteiger partial charge on any atom is 0.363 e. The van der Waals surface area contributed by atoms with Crippen molar-refractivity contribution in [2.75, 3.05) is 19.8 Å². The monoisotopic (exact) mass is 283 g/mol. The van der Waals surface area contributed by atoms with Gasteiger partial charge in [-0.05, 0) is 20.8 Å². The van der Waals surface area contributed by atoms with Gasteiger partial charge in [-0.1, -0.05) is 6.42 Å². The molecule has 0 aromatic rings. The van der Waals surface area contributed by atoms with Crippen LogP contribution in [-0.4, -0.2) is 41.3 Å². The molecule has 0 amide bonds. The zero-order chi connectivity index (χ0) is 13.3. The zero-order valence-corrected chi connectivity index (χ0v) is 11.6. The molecule has 0 aromatic carbocycles. The number of aliphatic hydroxyl groups excluding tert-OH is 3. The minimum atomic E-state index is -4.07. The second-order valence-electron chi connectivity index (χ2n) is 1.81. The van der Waals surface area contributed by atoms with Crippen LogP contribution in [0.25, 0.3) is 0 Å². The number of halogens is 3. The molecule has 0 radical (unpaired) electrons. The molecule has 0 spiro atoms. The molecule has 7 heteroatoms. The van der Waals surface area contributed by atoms with Gasteiger partial charge in [0.05, 0.1) is 0 Å². The van der Waals surface area contributed by atoms with E-state index in [1.807, 2.05) is 0 Å². The normalized spacial score (nSPS) is 7.88. The molecule has 0 atom stereocenters. The summed E-state index contributed by atoms with van der Waals surface area (Å²) in [5, 5.41) is 22.7. The third kappa shape index (κ3) is 225. The van der Waals surface area contributed by atoms with Crippen molar-refractivity contribution in [3.8, 4) is 0 Å². The molecular weight excluding hydrogens is 261 g/mol. The van der Waals surface area contributed by atoms with Crippen molar-refractivity contribution >= 4 is 0 Å². The van der Waals surface area contributed by atoms with Crippen LogP contribution in [0.1, 0.15) is 27.2 Å². The van der Waals surface area contributed by atoms with Crippen LogP contribution in [-0.2, 0) is 21.7 Å². The van der Waals surface area contributed by atoms with E-state index in [2.05, 4.69) is 6.92 Å². The van der Waals surface area contributed by atoms with Crippen LogP contribution in [0.3, 0.4) is 0 Å². The summed E-state index contributed by atoms with van der Waals surface area (Å²) in [4.78, 5) is 0. The summed E-state index contributed by atoms with van der Waals surface area (Å²) in [7, 11) is 0. The van der Waals surface area contributed by atoms with E-state index in [-0.39, 0.29) is 41.5 Å². The summed E-state index contributed by atoms with van der Waals surface area (Å²) in [5.74, 6) is 0. The maximum atomic E-state index is 10.7. The van der Waals surface area contributed by atoms with Crippen molar-refractivity contribution in [3.63, 3.8) is 0 Å². The average molecular weight is 283 g/mol. The van der Waals surface area contributed by atoms with Crippen molar-refractivity contribution in [1.82, 2.24) is 0 Å². The number of hydrogen-bond donors (Lipinski definition) is 3. The van der Waals surface area contributed by atoms with Gasteiger partial charge in [-0.3, -0.25) is 0 Å². The fourth-order valence-electron chi connectivity index (χ4n) is 0. The Morgan fingerprint density at radius 1 is 0.875 bits per heavy atom. The van der Waals surface area contributed by atoms with Crippen molar-refractivity contribution < 1.29 is 50.2 Å². The number of hydrogen-bond acceptors (Lipinski definition) is 3. The van der Waals surface area contributed by atoms with Gasteiger partial charge in [-0.25, -0.2) is 0 Å². The van der Waals surface area contributed by atoms with E-state index in [1.54, 1.807) is 20.8 Å². The van der Waals surface area contributed by atoms with Gasteiger partial charge < -0.3 is 22.2 Å². The molecule has 0 unspecified atom stereocenters. The van der Waals surface area contributed by atoms with Crippen molar-refractivity contribution in [1.29, 1.82) is 0 Å². The van der Waals surface area contributed by atoms with E-state index in [9.17, 15) is 13.2 Å². The molecule has 0 heterocycles. The van der Waals surface area contributed by atoms with Gasteiger partial charge in [0.25, 0.3) is 0 Å². The van der Waals surface area contributed by atoms with Crippen LogP contribution in [0.4, 0.5) is 13.2 Å². The number of alkyl halides is 3. The SMILES string of the molecule is CCO.CCO.CCO.[CH2-]CC(F)(F)F.[Ti]. The Balaban J connectivity index is -0.0000000353. The summed E-state index contributed by atoms with van der Waals surface area (Å²) >= 11 is 0. The van der Waals surface area contributed by atoms with Gasteiger partial charge >= 0.3 is 6.18 Å². The Bertz CT molecular complexity index is 78.1. The second kappa shape index (κ2) is 29.5. The first kappa shape index (κ1) is 29.9. The Morgan fingerprint density at radius 2 is 0.938 bits per heavy atom. The molecule has 0 fully saturated rings. The minimum absolute atomic E-state index is 0. The van der Waals surface area contributed by atoms with Crippen LogP contribution in [0.15, 0.2) is 0 Å². The van der Waals surface area contributed by atoms with Crippen molar-refractivity contribution in [2.45, 2.75) is 33.4 Å². The smallest absolute Gasteiger partial charge is 0.363 e. The molecule has 16 heavy (non-hydrogen) atoms. The number of rotatable bonds is 0. The summed E-state index contributed by atoms with van der Waals surface area (Å²) in [5.41, 5.74) is 0. The maximum absolute atomic E-state index is 10.7. The third-order valence-electron chi connectivity index (χ3n) is 0.283. The fraction of sp³-hybridized carbons (Fsp3) is 0.889. The Hall–Kier alpha value is 0.384. The average Bonchev–Trinajstić information content (AvgIpc) is 2.07. The van der Waals surface area contributed by atoms with E-state index in [0.717, 1.165) is 0 Å². The summed E-state index contributed by atoms with van der Waals surface area (Å²) in [6, 6.07) is 0. The van der Waals surface area contributed by atoms with Gasteiger partial charge in [0, 0.05) is 41.5 Å².